The van der Waals surface area contributed by atoms with Gasteiger partial charge in [-0.1, -0.05) is 14.9 Å². The molecule has 0 aliphatic rings. The minimum absolute atomic E-state index is 0.933. The molecule has 0 unspecified atom stereocenters. The van der Waals surface area contributed by atoms with Gasteiger partial charge in [-0.05, 0) is 0 Å². The Kier molecular flexibility index (Phi) is 2.47. The van der Waals surface area contributed by atoms with Gasteiger partial charge in [-0.25, -0.2) is 0 Å². The number of halogens is 2. The molecule has 0 heterocycles. The maximum Gasteiger partial charge on any atom is 0.336 e. The summed E-state index contributed by atoms with van der Waals surface area (Å²) in [6.45, 7) is 0.933. The Hall–Kier alpha value is 0.170. The average molecular weight is 158 g/mol. The van der Waals surface area contributed by atoms with Crippen molar-refractivity contribution in [2.45, 2.75) is 19.0 Å². The SMILES string of the molecule is CCC(F)(F)[P+]([O-])([O-])[O-]. The van der Waals surface area contributed by atoms with Crippen LogP contribution in [0.3, 0.4) is 0 Å². The van der Waals surface area contributed by atoms with Crippen molar-refractivity contribution in [3.63, 3.8) is 0 Å². The van der Waals surface area contributed by atoms with Crippen molar-refractivity contribution >= 4 is 7.94 Å². The summed E-state index contributed by atoms with van der Waals surface area (Å²) in [4.78, 5) is 28.8. The smallest absolute Gasteiger partial charge is 0.336 e. The van der Waals surface area contributed by atoms with E-state index in [-0.39, 0.29) is 0 Å². The zero-order valence-electron chi connectivity index (χ0n) is 4.63. The summed E-state index contributed by atoms with van der Waals surface area (Å²) in [5, 5.41) is 0. The molecule has 0 aliphatic carbocycles. The highest BCUT2D eigenvalue weighted by Gasteiger charge is 2.35. The van der Waals surface area contributed by atoms with Crippen LogP contribution in [0.2, 0.25) is 0 Å². The third kappa shape index (κ3) is 2.10. The van der Waals surface area contributed by atoms with Gasteiger partial charge >= 0.3 is 5.66 Å². The molecule has 9 heavy (non-hydrogen) atoms. The maximum absolute atomic E-state index is 11.8. The van der Waals surface area contributed by atoms with Gasteiger partial charge in [-0.2, -0.15) is 8.78 Å². The Labute approximate surface area is 51.5 Å². The standard InChI is InChI=1S/C3H7F2O3P/c1-2-3(4,5)9(6,7)8/h2H2,1H3,(H2,6,7,8)/p-2. The third-order valence-corrected chi connectivity index (χ3v) is 1.94. The lowest BCUT2D eigenvalue weighted by atomic mass is 10.5. The Balaban J connectivity index is 4.14. The number of rotatable bonds is 2. The molecule has 0 saturated carbocycles. The van der Waals surface area contributed by atoms with Crippen molar-refractivity contribution in [3.05, 3.63) is 0 Å². The Morgan fingerprint density at radius 3 is 1.67 bits per heavy atom. The van der Waals surface area contributed by atoms with Crippen LogP contribution in [0.5, 0.6) is 0 Å². The molecular formula is C3H5F2O3P-2. The molecule has 0 aliphatic heterocycles. The minimum Gasteiger partial charge on any atom is -0.683 e. The highest BCUT2D eigenvalue weighted by Crippen LogP contribution is 2.50. The summed E-state index contributed by atoms with van der Waals surface area (Å²) in [6.07, 6.45) is -0.961. The van der Waals surface area contributed by atoms with E-state index in [1.54, 1.807) is 0 Å². The first kappa shape index (κ1) is 9.17. The number of alkyl halides is 2. The van der Waals surface area contributed by atoms with Gasteiger partial charge in [-0.3, -0.25) is 0 Å². The molecule has 0 aromatic carbocycles. The van der Waals surface area contributed by atoms with E-state index in [0.717, 1.165) is 6.92 Å². The van der Waals surface area contributed by atoms with Gasteiger partial charge in [0.2, 0.25) is 0 Å². The monoisotopic (exact) mass is 158 g/mol. The zero-order chi connectivity index (χ0) is 7.71. The molecule has 0 N–H and O–H groups in total. The van der Waals surface area contributed by atoms with E-state index in [1.165, 1.54) is 0 Å². The number of hydrogen-bond donors (Lipinski definition) is 0. The van der Waals surface area contributed by atoms with E-state index in [0.29, 0.717) is 0 Å². The lowest BCUT2D eigenvalue weighted by Gasteiger charge is -2.46. The first-order valence-corrected chi connectivity index (χ1v) is 3.75. The molecule has 0 bridgehead atoms. The highest BCUT2D eigenvalue weighted by molar-refractivity contribution is 7.55. The summed E-state index contributed by atoms with van der Waals surface area (Å²) in [6, 6.07) is 0. The van der Waals surface area contributed by atoms with Gasteiger partial charge in [0.05, 0.1) is 0 Å². The molecule has 0 atom stereocenters. The summed E-state index contributed by atoms with van der Waals surface area (Å²) in [7, 11) is -5.70. The van der Waals surface area contributed by atoms with Crippen molar-refractivity contribution < 1.29 is 23.5 Å². The van der Waals surface area contributed by atoms with Gasteiger partial charge in [0.25, 0.3) is 0 Å². The zero-order valence-corrected chi connectivity index (χ0v) is 5.53. The van der Waals surface area contributed by atoms with Crippen LogP contribution >= 0.6 is 7.94 Å². The fourth-order valence-electron chi connectivity index (χ4n) is 0.194. The van der Waals surface area contributed by atoms with Crippen LogP contribution in [0.4, 0.5) is 8.78 Å². The van der Waals surface area contributed by atoms with Crippen LogP contribution in [0.1, 0.15) is 13.3 Å². The van der Waals surface area contributed by atoms with Crippen molar-refractivity contribution in [1.29, 1.82) is 0 Å². The highest BCUT2D eigenvalue weighted by atomic mass is 31.2. The number of hydrogen-bond acceptors (Lipinski definition) is 3. The minimum atomic E-state index is -5.70. The van der Waals surface area contributed by atoms with Gasteiger partial charge in [0.1, 0.15) is 0 Å². The van der Waals surface area contributed by atoms with Crippen LogP contribution in [-0.2, 0) is 0 Å². The quantitative estimate of drug-likeness (QED) is 0.475. The molecule has 0 spiro atoms. The van der Waals surface area contributed by atoms with Crippen LogP contribution in [0.25, 0.3) is 0 Å². The van der Waals surface area contributed by atoms with E-state index in [2.05, 4.69) is 0 Å². The lowest BCUT2D eigenvalue weighted by Crippen LogP contribution is -2.44. The van der Waals surface area contributed by atoms with Crippen molar-refractivity contribution in [2.75, 3.05) is 0 Å². The molecule has 6 heteroatoms. The average Bonchev–Trinajstić information content (AvgIpc) is 1.64. The van der Waals surface area contributed by atoms with Crippen molar-refractivity contribution in [3.8, 4) is 0 Å². The van der Waals surface area contributed by atoms with E-state index in [4.69, 9.17) is 0 Å². The second-order valence-corrected chi connectivity index (χ2v) is 3.17. The van der Waals surface area contributed by atoms with E-state index in [1.807, 2.05) is 0 Å². The fourth-order valence-corrected chi connectivity index (χ4v) is 0.581. The Morgan fingerprint density at radius 1 is 1.33 bits per heavy atom. The van der Waals surface area contributed by atoms with Crippen LogP contribution in [0.15, 0.2) is 0 Å². The molecule has 0 aromatic heterocycles. The first-order chi connectivity index (χ1) is 3.81. The van der Waals surface area contributed by atoms with Crippen molar-refractivity contribution in [2.24, 2.45) is 0 Å². The lowest BCUT2D eigenvalue weighted by molar-refractivity contribution is -0.446. The summed E-state index contributed by atoms with van der Waals surface area (Å²) in [5.41, 5.74) is -4.08. The molecule has 0 rings (SSSR count). The third-order valence-electron chi connectivity index (χ3n) is 0.826. The molecule has 0 fully saturated rings. The van der Waals surface area contributed by atoms with E-state index >= 15 is 0 Å². The molecule has 0 radical (unpaired) electrons. The Bertz CT molecular complexity index is 99.7. The molecular weight excluding hydrogens is 153 g/mol. The van der Waals surface area contributed by atoms with E-state index in [9.17, 15) is 23.5 Å². The molecule has 3 nitrogen and oxygen atoms in total. The topological polar surface area (TPSA) is 69.2 Å². The largest absolute Gasteiger partial charge is 0.683 e. The predicted molar refractivity (Wildman–Crippen MR) is 22.2 cm³/mol. The van der Waals surface area contributed by atoms with Crippen LogP contribution in [-0.4, -0.2) is 5.66 Å². The first-order valence-electron chi connectivity index (χ1n) is 2.21. The molecule has 56 valence electrons. The van der Waals surface area contributed by atoms with Crippen molar-refractivity contribution in [1.82, 2.24) is 0 Å². The molecule has 0 amide bonds. The molecule has 0 aromatic rings. The van der Waals surface area contributed by atoms with E-state index < -0.39 is 20.0 Å². The summed E-state index contributed by atoms with van der Waals surface area (Å²) in [5.74, 6) is 0. The predicted octanol–water partition coefficient (Wildman–Crippen LogP) is -1.17. The molecule has 0 saturated heterocycles. The van der Waals surface area contributed by atoms with Gasteiger partial charge in [0.15, 0.2) is 0 Å². The van der Waals surface area contributed by atoms with Gasteiger partial charge in [-0.15, -0.1) is 0 Å². The second kappa shape index (κ2) is 2.42. The fraction of sp³-hybridized carbons (Fsp3) is 1.00. The van der Waals surface area contributed by atoms with Crippen LogP contribution < -0.4 is 14.7 Å². The maximum atomic E-state index is 11.8. The Morgan fingerprint density at radius 2 is 1.67 bits per heavy atom. The van der Waals surface area contributed by atoms with Gasteiger partial charge < -0.3 is 14.7 Å². The second-order valence-electron chi connectivity index (χ2n) is 1.52. The normalized spacial score (nSPS) is 14.0. The van der Waals surface area contributed by atoms with Gasteiger partial charge in [0, 0.05) is 6.42 Å². The van der Waals surface area contributed by atoms with Crippen LogP contribution in [0, 0.1) is 0 Å². The summed E-state index contributed by atoms with van der Waals surface area (Å²) >= 11 is 0. The summed E-state index contributed by atoms with van der Waals surface area (Å²) < 4.78 is 23.5.